The third-order valence-corrected chi connectivity index (χ3v) is 2.54. The predicted octanol–water partition coefficient (Wildman–Crippen LogP) is 1.99. The smallest absolute Gasteiger partial charge is 0.408 e. The van der Waals surface area contributed by atoms with Crippen LogP contribution in [0.3, 0.4) is 0 Å². The second kappa shape index (κ2) is 4.49. The van der Waals surface area contributed by atoms with Crippen LogP contribution in [-0.2, 0) is 11.3 Å². The van der Waals surface area contributed by atoms with E-state index in [4.69, 9.17) is 14.9 Å². The van der Waals surface area contributed by atoms with Gasteiger partial charge in [-0.15, -0.1) is 0 Å². The fourth-order valence-corrected chi connectivity index (χ4v) is 1.74. The summed E-state index contributed by atoms with van der Waals surface area (Å²) in [5.41, 5.74) is 7.26. The van der Waals surface area contributed by atoms with Crippen LogP contribution >= 0.6 is 0 Å². The molecule has 98 valence electrons. The Kier molecular flexibility index (Phi) is 3.17. The Labute approximate surface area is 105 Å². The van der Waals surface area contributed by atoms with Crippen LogP contribution in [0.25, 0.3) is 11.1 Å². The molecule has 0 unspecified atom stereocenters. The van der Waals surface area contributed by atoms with Gasteiger partial charge < -0.3 is 14.9 Å². The van der Waals surface area contributed by atoms with Crippen LogP contribution in [0.4, 0.5) is 5.69 Å². The van der Waals surface area contributed by atoms with Crippen molar-refractivity contribution >= 4 is 16.8 Å². The van der Waals surface area contributed by atoms with Crippen molar-refractivity contribution in [1.82, 2.24) is 4.57 Å². The molecule has 0 aliphatic heterocycles. The van der Waals surface area contributed by atoms with Crippen molar-refractivity contribution in [3.05, 3.63) is 28.7 Å². The Morgan fingerprint density at radius 3 is 2.78 bits per heavy atom. The standard InChI is InChI=1S/C13H18N2O3/c1-13(2,3)17-7-6-15-10-5-4-9(14)8-11(10)18-12(15)16/h4-5,8H,6-7,14H2,1-3H3. The molecule has 2 N–H and O–H groups in total. The van der Waals surface area contributed by atoms with Crippen molar-refractivity contribution in [3.63, 3.8) is 0 Å². The molecule has 1 heterocycles. The number of anilines is 1. The molecule has 0 saturated heterocycles. The van der Waals surface area contributed by atoms with Crippen LogP contribution in [0.5, 0.6) is 0 Å². The molecule has 5 heteroatoms. The number of hydrogen-bond donors (Lipinski definition) is 1. The van der Waals surface area contributed by atoms with Crippen LogP contribution in [0.2, 0.25) is 0 Å². The van der Waals surface area contributed by atoms with Crippen molar-refractivity contribution < 1.29 is 9.15 Å². The maximum atomic E-state index is 11.7. The number of nitrogens with two attached hydrogens (primary N) is 1. The van der Waals surface area contributed by atoms with E-state index < -0.39 is 0 Å². The summed E-state index contributed by atoms with van der Waals surface area (Å²) in [6, 6.07) is 5.18. The Balaban J connectivity index is 2.23. The maximum Gasteiger partial charge on any atom is 0.420 e. The second-order valence-electron chi connectivity index (χ2n) is 5.21. The minimum atomic E-state index is -0.381. The summed E-state index contributed by atoms with van der Waals surface area (Å²) in [6.07, 6.45) is 0. The molecule has 18 heavy (non-hydrogen) atoms. The number of nitrogen functional groups attached to an aromatic ring is 1. The molecule has 0 fully saturated rings. The van der Waals surface area contributed by atoms with Gasteiger partial charge in [0.05, 0.1) is 24.3 Å². The van der Waals surface area contributed by atoms with Gasteiger partial charge in [0.25, 0.3) is 0 Å². The van der Waals surface area contributed by atoms with Crippen LogP contribution in [0, 0.1) is 0 Å². The fraction of sp³-hybridized carbons (Fsp3) is 0.462. The van der Waals surface area contributed by atoms with Crippen LogP contribution in [0.1, 0.15) is 20.8 Å². The largest absolute Gasteiger partial charge is 0.420 e. The van der Waals surface area contributed by atoms with E-state index in [0.717, 1.165) is 5.52 Å². The number of rotatable bonds is 3. The molecule has 0 bridgehead atoms. The average molecular weight is 250 g/mol. The maximum absolute atomic E-state index is 11.7. The number of oxazole rings is 1. The fourth-order valence-electron chi connectivity index (χ4n) is 1.74. The zero-order valence-electron chi connectivity index (χ0n) is 10.9. The quantitative estimate of drug-likeness (QED) is 0.846. The summed E-state index contributed by atoms with van der Waals surface area (Å²) < 4.78 is 12.3. The highest BCUT2D eigenvalue weighted by Crippen LogP contribution is 2.16. The van der Waals surface area contributed by atoms with Crippen LogP contribution in [0.15, 0.2) is 27.4 Å². The van der Waals surface area contributed by atoms with E-state index in [-0.39, 0.29) is 11.4 Å². The first-order valence-corrected chi connectivity index (χ1v) is 5.90. The number of ether oxygens (including phenoxy) is 1. The first-order chi connectivity index (χ1) is 8.37. The molecule has 5 nitrogen and oxygen atoms in total. The Bertz CT molecular complexity index is 605. The summed E-state index contributed by atoms with van der Waals surface area (Å²) in [5, 5.41) is 0. The molecular weight excluding hydrogens is 232 g/mol. The zero-order valence-corrected chi connectivity index (χ0v) is 10.9. The lowest BCUT2D eigenvalue weighted by atomic mass is 10.2. The molecular formula is C13H18N2O3. The van der Waals surface area contributed by atoms with Crippen molar-refractivity contribution in [2.45, 2.75) is 32.9 Å². The van der Waals surface area contributed by atoms with Crippen molar-refractivity contribution in [1.29, 1.82) is 0 Å². The van der Waals surface area contributed by atoms with Crippen LogP contribution in [-0.4, -0.2) is 16.8 Å². The van der Waals surface area contributed by atoms with E-state index in [1.165, 1.54) is 0 Å². The summed E-state index contributed by atoms with van der Waals surface area (Å²) in [4.78, 5) is 11.7. The summed E-state index contributed by atoms with van der Waals surface area (Å²) in [6.45, 7) is 6.85. The minimum Gasteiger partial charge on any atom is -0.408 e. The first-order valence-electron chi connectivity index (χ1n) is 5.90. The topological polar surface area (TPSA) is 70.4 Å². The third kappa shape index (κ3) is 2.73. The van der Waals surface area contributed by atoms with Gasteiger partial charge in [0.1, 0.15) is 0 Å². The lowest BCUT2D eigenvalue weighted by molar-refractivity contribution is -0.00704. The van der Waals surface area contributed by atoms with E-state index in [1.54, 1.807) is 22.8 Å². The van der Waals surface area contributed by atoms with Gasteiger partial charge in [0.2, 0.25) is 0 Å². The highest BCUT2D eigenvalue weighted by atomic mass is 16.5. The minimum absolute atomic E-state index is 0.215. The second-order valence-corrected chi connectivity index (χ2v) is 5.21. The molecule has 0 spiro atoms. The monoisotopic (exact) mass is 250 g/mol. The lowest BCUT2D eigenvalue weighted by Gasteiger charge is -2.19. The summed E-state index contributed by atoms with van der Waals surface area (Å²) in [5.74, 6) is -0.381. The average Bonchev–Trinajstić information content (AvgIpc) is 2.52. The van der Waals surface area contributed by atoms with Crippen molar-refractivity contribution in [3.8, 4) is 0 Å². The van der Waals surface area contributed by atoms with Crippen molar-refractivity contribution in [2.24, 2.45) is 0 Å². The van der Waals surface area contributed by atoms with Gasteiger partial charge >= 0.3 is 5.76 Å². The molecule has 1 aromatic carbocycles. The molecule has 2 rings (SSSR count). The molecule has 0 radical (unpaired) electrons. The van der Waals surface area contributed by atoms with Gasteiger partial charge in [-0.2, -0.15) is 0 Å². The van der Waals surface area contributed by atoms with Gasteiger partial charge in [-0.1, -0.05) is 0 Å². The van der Waals surface area contributed by atoms with Crippen LogP contribution < -0.4 is 11.5 Å². The van der Waals surface area contributed by atoms with Gasteiger partial charge in [0.15, 0.2) is 5.58 Å². The highest BCUT2D eigenvalue weighted by molar-refractivity contribution is 5.76. The van der Waals surface area contributed by atoms with Gasteiger partial charge in [-0.25, -0.2) is 4.79 Å². The number of aromatic nitrogens is 1. The zero-order chi connectivity index (χ0) is 13.3. The van der Waals surface area contributed by atoms with Crippen molar-refractivity contribution in [2.75, 3.05) is 12.3 Å². The van der Waals surface area contributed by atoms with Gasteiger partial charge in [0, 0.05) is 11.8 Å². The van der Waals surface area contributed by atoms with Gasteiger partial charge in [-0.05, 0) is 32.9 Å². The first kappa shape index (κ1) is 12.7. The Hall–Kier alpha value is -1.75. The SMILES string of the molecule is CC(C)(C)OCCn1c(=O)oc2cc(N)ccc21. The molecule has 2 aromatic rings. The number of nitrogens with zero attached hydrogens (tertiary/aromatic N) is 1. The van der Waals surface area contributed by atoms with E-state index >= 15 is 0 Å². The summed E-state index contributed by atoms with van der Waals surface area (Å²) in [7, 11) is 0. The number of fused-ring (bicyclic) bond motifs is 1. The predicted molar refractivity (Wildman–Crippen MR) is 70.6 cm³/mol. The Morgan fingerprint density at radius 2 is 2.11 bits per heavy atom. The molecule has 0 amide bonds. The van der Waals surface area contributed by atoms with E-state index in [9.17, 15) is 4.79 Å². The van der Waals surface area contributed by atoms with E-state index in [1.807, 2.05) is 20.8 Å². The van der Waals surface area contributed by atoms with E-state index in [0.29, 0.717) is 24.4 Å². The number of hydrogen-bond acceptors (Lipinski definition) is 4. The van der Waals surface area contributed by atoms with Gasteiger partial charge in [-0.3, -0.25) is 4.57 Å². The molecule has 1 aromatic heterocycles. The molecule has 0 atom stereocenters. The summed E-state index contributed by atoms with van der Waals surface area (Å²) >= 11 is 0. The Morgan fingerprint density at radius 1 is 1.39 bits per heavy atom. The third-order valence-electron chi connectivity index (χ3n) is 2.54. The molecule has 0 aliphatic carbocycles. The molecule has 0 aliphatic rings. The van der Waals surface area contributed by atoms with E-state index in [2.05, 4.69) is 0 Å². The normalized spacial score (nSPS) is 12.2. The lowest BCUT2D eigenvalue weighted by Crippen LogP contribution is -2.24. The highest BCUT2D eigenvalue weighted by Gasteiger charge is 2.12. The molecule has 0 saturated carbocycles. The number of benzene rings is 1.